The van der Waals surface area contributed by atoms with E-state index in [1.807, 2.05) is 19.9 Å². The van der Waals surface area contributed by atoms with Crippen LogP contribution < -0.4 is 20.3 Å². The van der Waals surface area contributed by atoms with Gasteiger partial charge in [0.05, 0.1) is 17.4 Å². The number of hydrogen-bond acceptors (Lipinski definition) is 7. The third kappa shape index (κ3) is 4.41. The van der Waals surface area contributed by atoms with Gasteiger partial charge in [-0.15, -0.1) is 0 Å². The fourth-order valence-electron chi connectivity index (χ4n) is 4.49. The lowest BCUT2D eigenvalue weighted by Crippen LogP contribution is -2.43. The molecule has 188 valence electrons. The van der Waals surface area contributed by atoms with Gasteiger partial charge in [0.15, 0.2) is 23.2 Å². The van der Waals surface area contributed by atoms with Crippen LogP contribution in [0.1, 0.15) is 25.6 Å². The molecule has 1 saturated heterocycles. The number of halogens is 3. The van der Waals surface area contributed by atoms with Gasteiger partial charge in [0.25, 0.3) is 5.88 Å². The molecule has 1 aliphatic heterocycles. The van der Waals surface area contributed by atoms with Crippen LogP contribution in [0.25, 0.3) is 10.9 Å². The maximum atomic E-state index is 15.3. The summed E-state index contributed by atoms with van der Waals surface area (Å²) in [4.78, 5) is 14.2. The molecular weight excluding hydrogens is 471 g/mol. The lowest BCUT2D eigenvalue weighted by molar-refractivity contribution is 0.396. The van der Waals surface area contributed by atoms with E-state index in [4.69, 9.17) is 4.74 Å². The van der Waals surface area contributed by atoms with Crippen molar-refractivity contribution >= 4 is 28.2 Å². The molecule has 5 rings (SSSR count). The van der Waals surface area contributed by atoms with E-state index in [2.05, 4.69) is 30.5 Å². The number of piperazine rings is 1. The Bertz CT molecular complexity index is 1400. The van der Waals surface area contributed by atoms with Gasteiger partial charge in [0.2, 0.25) is 5.82 Å². The monoisotopic (exact) mass is 497 g/mol. The minimum atomic E-state index is -0.957. The van der Waals surface area contributed by atoms with E-state index in [0.29, 0.717) is 11.5 Å². The van der Waals surface area contributed by atoms with Crippen LogP contribution in [0.5, 0.6) is 11.6 Å². The first kappa shape index (κ1) is 23.9. The predicted molar refractivity (Wildman–Crippen MR) is 132 cm³/mol. The second kappa shape index (κ2) is 9.65. The van der Waals surface area contributed by atoms with Crippen molar-refractivity contribution in [3.8, 4) is 11.6 Å². The highest BCUT2D eigenvalue weighted by atomic mass is 19.1. The molecule has 0 unspecified atom stereocenters. The number of anilines is 3. The van der Waals surface area contributed by atoms with E-state index in [1.54, 1.807) is 29.8 Å². The first-order valence-electron chi connectivity index (χ1n) is 11.7. The first-order valence-corrected chi connectivity index (χ1v) is 11.7. The van der Waals surface area contributed by atoms with Crippen molar-refractivity contribution in [3.63, 3.8) is 0 Å². The normalized spacial score (nSPS) is 14.0. The van der Waals surface area contributed by atoms with Crippen molar-refractivity contribution in [1.82, 2.24) is 24.8 Å². The minimum Gasteiger partial charge on any atom is -0.433 e. The summed E-state index contributed by atoms with van der Waals surface area (Å²) in [5.41, 5.74) is 1.79. The van der Waals surface area contributed by atoms with Gasteiger partial charge in [-0.1, -0.05) is 0 Å². The second-order valence-corrected chi connectivity index (χ2v) is 8.89. The van der Waals surface area contributed by atoms with Gasteiger partial charge in [0.1, 0.15) is 12.1 Å². The summed E-state index contributed by atoms with van der Waals surface area (Å²) in [6.07, 6.45) is 2.77. The van der Waals surface area contributed by atoms with E-state index in [9.17, 15) is 4.39 Å². The third-order valence-electron chi connectivity index (χ3n) is 6.12. The number of aromatic nitrogens is 4. The van der Waals surface area contributed by atoms with Crippen molar-refractivity contribution in [2.45, 2.75) is 26.8 Å². The maximum Gasteiger partial charge on any atom is 0.261 e. The van der Waals surface area contributed by atoms with Crippen LogP contribution in [-0.4, -0.2) is 45.7 Å². The van der Waals surface area contributed by atoms with Crippen LogP contribution in [0.4, 0.5) is 30.5 Å². The Morgan fingerprint density at radius 3 is 2.50 bits per heavy atom. The van der Waals surface area contributed by atoms with Gasteiger partial charge in [-0.25, -0.2) is 18.7 Å². The quantitative estimate of drug-likeness (QED) is 0.385. The van der Waals surface area contributed by atoms with E-state index in [0.717, 1.165) is 44.3 Å². The van der Waals surface area contributed by atoms with Crippen molar-refractivity contribution in [1.29, 1.82) is 0 Å². The fraction of sp³-hybridized carbons (Fsp3) is 0.320. The number of nitrogens with zero attached hydrogens (tertiary/aromatic N) is 5. The Morgan fingerprint density at radius 1 is 1.03 bits per heavy atom. The van der Waals surface area contributed by atoms with Crippen molar-refractivity contribution in [2.75, 3.05) is 36.4 Å². The Morgan fingerprint density at radius 2 is 1.81 bits per heavy atom. The molecule has 11 heteroatoms. The standard InChI is InChI=1S/C25H26F3N7O/c1-14(2)35-15(3)10-17-21(27)19(11-18(26)23(17)35)36-25-22(28)24(31-13-32-25)33-20-5-4-16(12-30-20)34-8-6-29-7-9-34/h4-5,10-14,29H,6-9H2,1-3H3,(H,30,31,32,33). The molecule has 1 fully saturated rings. The van der Waals surface area contributed by atoms with Crippen LogP contribution in [0.3, 0.4) is 0 Å². The molecule has 0 spiro atoms. The van der Waals surface area contributed by atoms with Crippen LogP contribution >= 0.6 is 0 Å². The highest BCUT2D eigenvalue weighted by Crippen LogP contribution is 2.36. The van der Waals surface area contributed by atoms with Gasteiger partial charge in [-0.05, 0) is 39.0 Å². The molecule has 4 aromatic rings. The number of ether oxygens (including phenoxy) is 1. The number of pyridine rings is 1. The van der Waals surface area contributed by atoms with E-state index in [-0.39, 0.29) is 22.8 Å². The first-order chi connectivity index (χ1) is 17.3. The summed E-state index contributed by atoms with van der Waals surface area (Å²) < 4.78 is 52.5. The number of benzene rings is 1. The third-order valence-corrected chi connectivity index (χ3v) is 6.12. The van der Waals surface area contributed by atoms with E-state index < -0.39 is 29.1 Å². The number of fused-ring (bicyclic) bond motifs is 1. The van der Waals surface area contributed by atoms with E-state index >= 15 is 8.78 Å². The fourth-order valence-corrected chi connectivity index (χ4v) is 4.49. The summed E-state index contributed by atoms with van der Waals surface area (Å²) in [6.45, 7) is 9.08. The van der Waals surface area contributed by atoms with Gasteiger partial charge in [-0.2, -0.15) is 9.37 Å². The van der Waals surface area contributed by atoms with Crippen molar-refractivity contribution < 1.29 is 17.9 Å². The van der Waals surface area contributed by atoms with Crippen LogP contribution in [0.15, 0.2) is 36.8 Å². The van der Waals surface area contributed by atoms with Gasteiger partial charge in [-0.3, -0.25) is 0 Å². The molecule has 4 heterocycles. The molecular formula is C25H26F3N7O. The van der Waals surface area contributed by atoms with Crippen LogP contribution in [-0.2, 0) is 0 Å². The lowest BCUT2D eigenvalue weighted by Gasteiger charge is -2.29. The van der Waals surface area contributed by atoms with Gasteiger partial charge >= 0.3 is 0 Å². The number of hydrogen-bond donors (Lipinski definition) is 2. The summed E-state index contributed by atoms with van der Waals surface area (Å²) >= 11 is 0. The maximum absolute atomic E-state index is 15.3. The lowest BCUT2D eigenvalue weighted by atomic mass is 10.2. The van der Waals surface area contributed by atoms with Gasteiger partial charge < -0.3 is 24.8 Å². The summed E-state index contributed by atoms with van der Waals surface area (Å²) in [6, 6.07) is 5.97. The smallest absolute Gasteiger partial charge is 0.261 e. The van der Waals surface area contributed by atoms with Gasteiger partial charge in [0, 0.05) is 49.4 Å². The Labute approximate surface area is 206 Å². The van der Waals surface area contributed by atoms with E-state index in [1.165, 1.54) is 0 Å². The molecule has 2 N–H and O–H groups in total. The molecule has 1 aromatic carbocycles. The highest BCUT2D eigenvalue weighted by molar-refractivity contribution is 5.84. The SMILES string of the molecule is Cc1cc2c(F)c(Oc3ncnc(Nc4ccc(N5CCNCC5)cn4)c3F)cc(F)c2n1C(C)C. The zero-order chi connectivity index (χ0) is 25.4. The molecule has 0 atom stereocenters. The zero-order valence-corrected chi connectivity index (χ0v) is 20.1. The Balaban J connectivity index is 1.40. The molecule has 0 bridgehead atoms. The predicted octanol–water partition coefficient (Wildman–Crippen LogP) is 5.08. The number of rotatable bonds is 6. The Kier molecular flexibility index (Phi) is 6.40. The molecule has 0 aliphatic carbocycles. The van der Waals surface area contributed by atoms with Crippen molar-refractivity contribution in [3.05, 3.63) is 59.9 Å². The average molecular weight is 498 g/mol. The zero-order valence-electron chi connectivity index (χ0n) is 20.1. The molecule has 36 heavy (non-hydrogen) atoms. The summed E-state index contributed by atoms with van der Waals surface area (Å²) in [5, 5.41) is 6.13. The average Bonchev–Trinajstić information content (AvgIpc) is 3.24. The number of aryl methyl sites for hydroxylation is 1. The molecule has 3 aromatic heterocycles. The largest absolute Gasteiger partial charge is 0.433 e. The summed E-state index contributed by atoms with van der Waals surface area (Å²) in [5.74, 6) is -3.28. The van der Waals surface area contributed by atoms with Crippen LogP contribution in [0.2, 0.25) is 0 Å². The topological polar surface area (TPSA) is 80.1 Å². The molecule has 0 saturated carbocycles. The Hall–Kier alpha value is -3.86. The van der Waals surface area contributed by atoms with Crippen molar-refractivity contribution in [2.24, 2.45) is 0 Å². The second-order valence-electron chi connectivity index (χ2n) is 8.89. The molecule has 1 aliphatic rings. The summed E-state index contributed by atoms with van der Waals surface area (Å²) in [7, 11) is 0. The molecule has 8 nitrogen and oxygen atoms in total. The highest BCUT2D eigenvalue weighted by Gasteiger charge is 2.23. The molecule has 0 amide bonds. The molecule has 0 radical (unpaired) electrons. The minimum absolute atomic E-state index is 0.0535. The number of nitrogens with one attached hydrogen (secondary N) is 2. The van der Waals surface area contributed by atoms with Crippen LogP contribution in [0, 0.1) is 24.4 Å².